The topological polar surface area (TPSA) is 52.3 Å². The van der Waals surface area contributed by atoms with Gasteiger partial charge in [0.25, 0.3) is 0 Å². The van der Waals surface area contributed by atoms with E-state index in [1.54, 1.807) is 7.11 Å². The van der Waals surface area contributed by atoms with Crippen molar-refractivity contribution >= 4 is 5.78 Å². The van der Waals surface area contributed by atoms with Crippen molar-refractivity contribution in [2.75, 3.05) is 13.7 Å². The van der Waals surface area contributed by atoms with Gasteiger partial charge in [0.15, 0.2) is 5.78 Å². The normalized spacial score (nSPS) is 15.7. The molecule has 0 aliphatic heterocycles. The maximum atomic E-state index is 11.3. The first kappa shape index (κ1) is 11.6. The van der Waals surface area contributed by atoms with Crippen LogP contribution in [0, 0.1) is 5.92 Å². The van der Waals surface area contributed by atoms with Gasteiger partial charge in [-0.1, -0.05) is 20.3 Å². The van der Waals surface area contributed by atoms with Gasteiger partial charge < -0.3 is 10.5 Å². The molecule has 0 aliphatic carbocycles. The van der Waals surface area contributed by atoms with Crippen LogP contribution in [0.3, 0.4) is 0 Å². The average molecular weight is 173 g/mol. The molecule has 72 valence electrons. The third-order valence-electron chi connectivity index (χ3n) is 2.01. The number of nitrogens with two attached hydrogens (primary N) is 1. The summed E-state index contributed by atoms with van der Waals surface area (Å²) in [5.41, 5.74) is 5.56. The number of carbonyl (C=O) groups is 1. The molecule has 3 heteroatoms. The molecule has 2 unspecified atom stereocenters. The second-order valence-corrected chi connectivity index (χ2v) is 3.25. The van der Waals surface area contributed by atoms with Gasteiger partial charge in [0.1, 0.15) is 0 Å². The highest BCUT2D eigenvalue weighted by atomic mass is 16.5. The van der Waals surface area contributed by atoms with E-state index in [1.807, 2.05) is 0 Å². The van der Waals surface area contributed by atoms with Gasteiger partial charge in [0, 0.05) is 13.5 Å². The lowest BCUT2D eigenvalue weighted by Gasteiger charge is -2.12. The van der Waals surface area contributed by atoms with Crippen molar-refractivity contribution in [3.8, 4) is 0 Å². The zero-order chi connectivity index (χ0) is 9.56. The van der Waals surface area contributed by atoms with Crippen molar-refractivity contribution in [1.29, 1.82) is 0 Å². The molecule has 0 rings (SSSR count). The molecule has 0 saturated carbocycles. The molecule has 2 N–H and O–H groups in total. The summed E-state index contributed by atoms with van der Waals surface area (Å²) < 4.78 is 4.79. The molecular formula is C9H19NO2. The molecule has 0 bridgehead atoms. The number of Topliss-reactive ketones (excluding diaryl/α,β-unsaturated/α-hetero) is 1. The standard InChI is InChI=1S/C9H19NO2/c1-4-7(2)5-9(11)8(10)6-12-3/h7-8H,4-6,10H2,1-3H3. The van der Waals surface area contributed by atoms with Crippen LogP contribution in [0.1, 0.15) is 26.7 Å². The number of ether oxygens (including phenoxy) is 1. The van der Waals surface area contributed by atoms with Gasteiger partial charge in [-0.15, -0.1) is 0 Å². The third kappa shape index (κ3) is 4.46. The largest absolute Gasteiger partial charge is 0.383 e. The van der Waals surface area contributed by atoms with Crippen molar-refractivity contribution in [2.24, 2.45) is 11.7 Å². The fraction of sp³-hybridized carbons (Fsp3) is 0.889. The zero-order valence-electron chi connectivity index (χ0n) is 8.17. The second-order valence-electron chi connectivity index (χ2n) is 3.25. The van der Waals surface area contributed by atoms with Crippen LogP contribution < -0.4 is 5.73 Å². The first-order valence-electron chi connectivity index (χ1n) is 4.39. The van der Waals surface area contributed by atoms with Crippen LogP contribution in [0.15, 0.2) is 0 Å². The number of hydrogen-bond acceptors (Lipinski definition) is 3. The van der Waals surface area contributed by atoms with Gasteiger partial charge in [0.05, 0.1) is 12.6 Å². The first-order chi connectivity index (χ1) is 5.61. The molecule has 0 radical (unpaired) electrons. The van der Waals surface area contributed by atoms with E-state index in [2.05, 4.69) is 13.8 Å². The molecule has 0 spiro atoms. The summed E-state index contributed by atoms with van der Waals surface area (Å²) in [4.78, 5) is 11.3. The summed E-state index contributed by atoms with van der Waals surface area (Å²) in [6, 6.07) is -0.441. The number of methoxy groups -OCH3 is 1. The Balaban J connectivity index is 3.70. The lowest BCUT2D eigenvalue weighted by molar-refractivity contribution is -0.122. The summed E-state index contributed by atoms with van der Waals surface area (Å²) in [6.45, 7) is 4.45. The summed E-state index contributed by atoms with van der Waals surface area (Å²) >= 11 is 0. The summed E-state index contributed by atoms with van der Waals surface area (Å²) in [6.07, 6.45) is 1.59. The molecule has 0 amide bonds. The fourth-order valence-corrected chi connectivity index (χ4v) is 0.912. The third-order valence-corrected chi connectivity index (χ3v) is 2.01. The van der Waals surface area contributed by atoms with E-state index in [0.717, 1.165) is 6.42 Å². The lowest BCUT2D eigenvalue weighted by atomic mass is 9.99. The van der Waals surface area contributed by atoms with Crippen molar-refractivity contribution < 1.29 is 9.53 Å². The van der Waals surface area contributed by atoms with Crippen LogP contribution >= 0.6 is 0 Å². The molecular weight excluding hydrogens is 154 g/mol. The van der Waals surface area contributed by atoms with Gasteiger partial charge in [-0.25, -0.2) is 0 Å². The van der Waals surface area contributed by atoms with Crippen molar-refractivity contribution in [3.63, 3.8) is 0 Å². The highest BCUT2D eigenvalue weighted by molar-refractivity contribution is 5.84. The Morgan fingerprint density at radius 3 is 2.58 bits per heavy atom. The first-order valence-corrected chi connectivity index (χ1v) is 4.39. The average Bonchev–Trinajstić information content (AvgIpc) is 2.04. The van der Waals surface area contributed by atoms with E-state index in [9.17, 15) is 4.79 Å². The molecule has 0 aromatic carbocycles. The number of carbonyl (C=O) groups excluding carboxylic acids is 1. The number of ketones is 1. The van der Waals surface area contributed by atoms with E-state index in [1.165, 1.54) is 0 Å². The molecule has 0 saturated heterocycles. The minimum Gasteiger partial charge on any atom is -0.383 e. The molecule has 2 atom stereocenters. The Hall–Kier alpha value is -0.410. The van der Waals surface area contributed by atoms with Crippen LogP contribution in [-0.2, 0) is 9.53 Å². The SMILES string of the molecule is CCC(C)CC(=O)C(N)COC. The quantitative estimate of drug-likeness (QED) is 0.651. The summed E-state index contributed by atoms with van der Waals surface area (Å²) in [5, 5.41) is 0. The Morgan fingerprint density at radius 2 is 2.17 bits per heavy atom. The predicted octanol–water partition coefficient (Wildman–Crippen LogP) is 0.965. The minimum atomic E-state index is -0.441. The van der Waals surface area contributed by atoms with Crippen LogP contribution in [0.5, 0.6) is 0 Å². The number of rotatable bonds is 6. The second kappa shape index (κ2) is 6.14. The van der Waals surface area contributed by atoms with E-state index < -0.39 is 6.04 Å². The van der Waals surface area contributed by atoms with E-state index in [-0.39, 0.29) is 5.78 Å². The van der Waals surface area contributed by atoms with Crippen LogP contribution in [-0.4, -0.2) is 25.5 Å². The van der Waals surface area contributed by atoms with E-state index in [0.29, 0.717) is 18.9 Å². The van der Waals surface area contributed by atoms with Gasteiger partial charge in [-0.05, 0) is 5.92 Å². The van der Waals surface area contributed by atoms with Gasteiger partial charge in [0.2, 0.25) is 0 Å². The highest BCUT2D eigenvalue weighted by Gasteiger charge is 2.15. The van der Waals surface area contributed by atoms with E-state index in [4.69, 9.17) is 10.5 Å². The molecule has 0 aliphatic rings. The Labute approximate surface area is 74.3 Å². The van der Waals surface area contributed by atoms with E-state index >= 15 is 0 Å². The zero-order valence-corrected chi connectivity index (χ0v) is 8.17. The van der Waals surface area contributed by atoms with Crippen LogP contribution in [0.4, 0.5) is 0 Å². The Morgan fingerprint density at radius 1 is 1.58 bits per heavy atom. The van der Waals surface area contributed by atoms with Crippen LogP contribution in [0.2, 0.25) is 0 Å². The van der Waals surface area contributed by atoms with Crippen molar-refractivity contribution in [2.45, 2.75) is 32.7 Å². The smallest absolute Gasteiger partial charge is 0.152 e. The minimum absolute atomic E-state index is 0.103. The Kier molecular flexibility index (Phi) is 5.93. The molecule has 3 nitrogen and oxygen atoms in total. The molecule has 12 heavy (non-hydrogen) atoms. The summed E-state index contributed by atoms with van der Waals surface area (Å²) in [7, 11) is 1.55. The molecule has 0 aromatic rings. The lowest BCUT2D eigenvalue weighted by Crippen LogP contribution is -2.35. The Bertz CT molecular complexity index is 136. The van der Waals surface area contributed by atoms with Gasteiger partial charge >= 0.3 is 0 Å². The predicted molar refractivity (Wildman–Crippen MR) is 48.9 cm³/mol. The fourth-order valence-electron chi connectivity index (χ4n) is 0.912. The number of hydrogen-bond donors (Lipinski definition) is 1. The maximum Gasteiger partial charge on any atom is 0.152 e. The van der Waals surface area contributed by atoms with Crippen molar-refractivity contribution in [1.82, 2.24) is 0 Å². The molecule has 0 fully saturated rings. The van der Waals surface area contributed by atoms with Crippen molar-refractivity contribution in [3.05, 3.63) is 0 Å². The van der Waals surface area contributed by atoms with Gasteiger partial charge in [-0.3, -0.25) is 4.79 Å². The van der Waals surface area contributed by atoms with Gasteiger partial charge in [-0.2, -0.15) is 0 Å². The molecule has 0 aromatic heterocycles. The monoisotopic (exact) mass is 173 g/mol. The molecule has 0 heterocycles. The maximum absolute atomic E-state index is 11.3. The highest BCUT2D eigenvalue weighted by Crippen LogP contribution is 2.07. The van der Waals surface area contributed by atoms with Crippen LogP contribution in [0.25, 0.3) is 0 Å². The summed E-state index contributed by atoms with van der Waals surface area (Å²) in [5.74, 6) is 0.534.